The molecule has 1 aromatic carbocycles. The van der Waals surface area contributed by atoms with E-state index in [0.29, 0.717) is 19.5 Å². The molecule has 138 valence electrons. The standard InChI is InChI=1S/C20H31N3O2/c1-15-7-5-6-8-16(15)9-10-18(24)23-13-11-17(12-14-23)21-19(25)22-20(2,3)4/h5-8,17H,9-14H2,1-4H3,(H2,21,22,25). The minimum atomic E-state index is -0.240. The molecule has 1 aliphatic heterocycles. The highest BCUT2D eigenvalue weighted by molar-refractivity contribution is 5.77. The zero-order valence-corrected chi connectivity index (χ0v) is 15.9. The normalized spacial score (nSPS) is 15.8. The van der Waals surface area contributed by atoms with Crippen molar-refractivity contribution in [1.82, 2.24) is 15.5 Å². The average Bonchev–Trinajstić information content (AvgIpc) is 2.52. The van der Waals surface area contributed by atoms with E-state index in [0.717, 1.165) is 19.3 Å². The van der Waals surface area contributed by atoms with Crippen molar-refractivity contribution in [2.45, 2.75) is 65.0 Å². The SMILES string of the molecule is Cc1ccccc1CCC(=O)N1CCC(NC(=O)NC(C)(C)C)CC1. The molecule has 5 nitrogen and oxygen atoms in total. The van der Waals surface area contributed by atoms with Gasteiger partial charge in [-0.15, -0.1) is 0 Å². The number of aryl methyl sites for hydroxylation is 2. The number of hydrogen-bond acceptors (Lipinski definition) is 2. The van der Waals surface area contributed by atoms with Crippen LogP contribution in [0.4, 0.5) is 4.79 Å². The Labute approximate surface area is 151 Å². The van der Waals surface area contributed by atoms with Gasteiger partial charge in [0.25, 0.3) is 0 Å². The van der Waals surface area contributed by atoms with Crippen molar-refractivity contribution in [1.29, 1.82) is 0 Å². The summed E-state index contributed by atoms with van der Waals surface area (Å²) >= 11 is 0. The number of amides is 3. The van der Waals surface area contributed by atoms with Crippen molar-refractivity contribution < 1.29 is 9.59 Å². The molecule has 1 aliphatic rings. The van der Waals surface area contributed by atoms with Crippen LogP contribution in [0, 0.1) is 6.92 Å². The Hall–Kier alpha value is -2.04. The van der Waals surface area contributed by atoms with Gasteiger partial charge in [-0.2, -0.15) is 0 Å². The number of urea groups is 1. The summed E-state index contributed by atoms with van der Waals surface area (Å²) in [6.45, 7) is 9.40. The lowest BCUT2D eigenvalue weighted by Crippen LogP contribution is -2.52. The van der Waals surface area contributed by atoms with E-state index in [1.54, 1.807) is 0 Å². The van der Waals surface area contributed by atoms with Crippen LogP contribution in [0.2, 0.25) is 0 Å². The van der Waals surface area contributed by atoms with Gasteiger partial charge in [0.15, 0.2) is 0 Å². The maximum absolute atomic E-state index is 12.4. The van der Waals surface area contributed by atoms with Crippen molar-refractivity contribution in [3.63, 3.8) is 0 Å². The zero-order valence-electron chi connectivity index (χ0n) is 15.9. The lowest BCUT2D eigenvalue weighted by atomic mass is 10.0. The quantitative estimate of drug-likeness (QED) is 0.881. The summed E-state index contributed by atoms with van der Waals surface area (Å²) in [7, 11) is 0. The number of carbonyl (C=O) groups excluding carboxylic acids is 2. The maximum atomic E-state index is 12.4. The second-order valence-electron chi connectivity index (χ2n) is 7.93. The lowest BCUT2D eigenvalue weighted by Gasteiger charge is -2.33. The Balaban J connectivity index is 1.73. The number of nitrogens with zero attached hydrogens (tertiary/aromatic N) is 1. The largest absolute Gasteiger partial charge is 0.343 e. The molecule has 0 aliphatic carbocycles. The molecule has 0 atom stereocenters. The highest BCUT2D eigenvalue weighted by Gasteiger charge is 2.24. The number of carbonyl (C=O) groups is 2. The number of likely N-dealkylation sites (tertiary alicyclic amines) is 1. The molecule has 0 bridgehead atoms. The smallest absolute Gasteiger partial charge is 0.315 e. The van der Waals surface area contributed by atoms with Crippen molar-refractivity contribution >= 4 is 11.9 Å². The first-order valence-corrected chi connectivity index (χ1v) is 9.15. The van der Waals surface area contributed by atoms with Crippen molar-refractivity contribution in [3.8, 4) is 0 Å². The first-order chi connectivity index (χ1) is 11.7. The molecule has 1 heterocycles. The zero-order chi connectivity index (χ0) is 18.4. The Bertz CT molecular complexity index is 599. The van der Waals surface area contributed by atoms with Crippen LogP contribution >= 0.6 is 0 Å². The first-order valence-electron chi connectivity index (χ1n) is 9.15. The summed E-state index contributed by atoms with van der Waals surface area (Å²) in [6, 6.07) is 8.23. The number of benzene rings is 1. The summed E-state index contributed by atoms with van der Waals surface area (Å²) in [6.07, 6.45) is 2.96. The molecule has 3 amide bonds. The van der Waals surface area contributed by atoms with Gasteiger partial charge < -0.3 is 15.5 Å². The van der Waals surface area contributed by atoms with Gasteiger partial charge in [-0.05, 0) is 58.1 Å². The molecule has 1 saturated heterocycles. The molecular formula is C20H31N3O2. The molecule has 1 fully saturated rings. The molecule has 1 aromatic rings. The molecule has 2 rings (SSSR count). The Morgan fingerprint density at radius 2 is 1.80 bits per heavy atom. The minimum absolute atomic E-state index is 0.128. The number of hydrogen-bond donors (Lipinski definition) is 2. The summed E-state index contributed by atoms with van der Waals surface area (Å²) in [5.74, 6) is 0.209. The molecule has 0 spiro atoms. The van der Waals surface area contributed by atoms with E-state index in [4.69, 9.17) is 0 Å². The van der Waals surface area contributed by atoms with Gasteiger partial charge in [-0.25, -0.2) is 4.79 Å². The number of rotatable bonds is 4. The lowest BCUT2D eigenvalue weighted by molar-refractivity contribution is -0.132. The van der Waals surface area contributed by atoms with Crippen LogP contribution in [0.25, 0.3) is 0 Å². The van der Waals surface area contributed by atoms with Crippen LogP contribution in [0.5, 0.6) is 0 Å². The van der Waals surface area contributed by atoms with E-state index in [1.807, 2.05) is 37.8 Å². The van der Waals surface area contributed by atoms with Crippen LogP contribution < -0.4 is 10.6 Å². The Morgan fingerprint density at radius 1 is 1.16 bits per heavy atom. The summed E-state index contributed by atoms with van der Waals surface area (Å²) < 4.78 is 0. The molecule has 0 saturated carbocycles. The van der Waals surface area contributed by atoms with E-state index in [-0.39, 0.29) is 23.5 Å². The van der Waals surface area contributed by atoms with Gasteiger partial charge >= 0.3 is 6.03 Å². The van der Waals surface area contributed by atoms with Gasteiger partial charge in [-0.1, -0.05) is 24.3 Å². The molecule has 0 radical (unpaired) electrons. The van der Waals surface area contributed by atoms with E-state index in [9.17, 15) is 9.59 Å². The molecule has 0 unspecified atom stereocenters. The van der Waals surface area contributed by atoms with Crippen LogP contribution in [0.3, 0.4) is 0 Å². The van der Waals surface area contributed by atoms with E-state index in [1.165, 1.54) is 11.1 Å². The van der Waals surface area contributed by atoms with Gasteiger partial charge in [0.2, 0.25) is 5.91 Å². The topological polar surface area (TPSA) is 61.4 Å². The average molecular weight is 345 g/mol. The first kappa shape index (κ1) is 19.3. The maximum Gasteiger partial charge on any atom is 0.315 e. The predicted octanol–water partition coefficient (Wildman–Crippen LogP) is 3.02. The Morgan fingerprint density at radius 3 is 2.40 bits per heavy atom. The predicted molar refractivity (Wildman–Crippen MR) is 101 cm³/mol. The van der Waals surface area contributed by atoms with Crippen molar-refractivity contribution in [2.75, 3.05) is 13.1 Å². The van der Waals surface area contributed by atoms with Gasteiger partial charge in [0.05, 0.1) is 0 Å². The summed E-state index contributed by atoms with van der Waals surface area (Å²) in [5.41, 5.74) is 2.24. The fourth-order valence-corrected chi connectivity index (χ4v) is 3.13. The van der Waals surface area contributed by atoms with E-state index < -0.39 is 0 Å². The van der Waals surface area contributed by atoms with Crippen LogP contribution in [-0.2, 0) is 11.2 Å². The van der Waals surface area contributed by atoms with Crippen molar-refractivity contribution in [2.24, 2.45) is 0 Å². The monoisotopic (exact) mass is 345 g/mol. The van der Waals surface area contributed by atoms with E-state index in [2.05, 4.69) is 29.7 Å². The molecule has 0 aromatic heterocycles. The molecular weight excluding hydrogens is 314 g/mol. The van der Waals surface area contributed by atoms with Gasteiger partial charge in [-0.3, -0.25) is 4.79 Å². The van der Waals surface area contributed by atoms with Gasteiger partial charge in [0.1, 0.15) is 0 Å². The molecule has 25 heavy (non-hydrogen) atoms. The minimum Gasteiger partial charge on any atom is -0.343 e. The van der Waals surface area contributed by atoms with Gasteiger partial charge in [0, 0.05) is 31.1 Å². The molecule has 2 N–H and O–H groups in total. The number of piperidine rings is 1. The van der Waals surface area contributed by atoms with Crippen LogP contribution in [0.15, 0.2) is 24.3 Å². The van der Waals surface area contributed by atoms with Crippen LogP contribution in [0.1, 0.15) is 51.2 Å². The fourth-order valence-electron chi connectivity index (χ4n) is 3.13. The Kier molecular flexibility index (Phi) is 6.45. The highest BCUT2D eigenvalue weighted by atomic mass is 16.2. The molecule has 5 heteroatoms. The summed E-state index contributed by atoms with van der Waals surface area (Å²) in [4.78, 5) is 26.3. The van der Waals surface area contributed by atoms with Crippen LogP contribution in [-0.4, -0.2) is 41.5 Å². The number of nitrogens with one attached hydrogen (secondary N) is 2. The third-order valence-corrected chi connectivity index (χ3v) is 4.54. The highest BCUT2D eigenvalue weighted by Crippen LogP contribution is 2.14. The van der Waals surface area contributed by atoms with Crippen molar-refractivity contribution in [3.05, 3.63) is 35.4 Å². The summed E-state index contributed by atoms with van der Waals surface area (Å²) in [5, 5.41) is 5.93. The fraction of sp³-hybridized carbons (Fsp3) is 0.600. The third kappa shape index (κ3) is 6.40. The third-order valence-electron chi connectivity index (χ3n) is 4.54. The van der Waals surface area contributed by atoms with E-state index >= 15 is 0 Å². The second-order valence-corrected chi connectivity index (χ2v) is 7.93. The second kappa shape index (κ2) is 8.37.